The lowest BCUT2D eigenvalue weighted by atomic mass is 10.1. The molecule has 2 N–H and O–H groups in total. The summed E-state index contributed by atoms with van der Waals surface area (Å²) in [6.45, 7) is 1.82. The maximum absolute atomic E-state index is 13.1. The number of para-hydroxylation sites is 1. The Morgan fingerprint density at radius 3 is 1.97 bits per heavy atom. The number of anilines is 2. The Morgan fingerprint density at radius 2 is 1.33 bits per heavy atom. The fourth-order valence-corrected chi connectivity index (χ4v) is 4.76. The minimum Gasteiger partial charge on any atom is -0.322 e. The summed E-state index contributed by atoms with van der Waals surface area (Å²) in [5.41, 5.74) is 6.21. The molecule has 0 aliphatic carbocycles. The standard InChI is InChI=1S/C30H28N4O4S/c1-22(24-17-19-26(20-18-24)31-29(35)25-13-7-4-8-14-25)32-33-30(36)27-15-9-10-16-28(27)34(39(2,37)38)21-23-11-5-3-6-12-23/h3-20H,21H2,1-2H3,(H,31,35)(H,33,36)/b32-22+. The topological polar surface area (TPSA) is 108 Å². The van der Waals surface area contributed by atoms with Crippen LogP contribution in [0, 0.1) is 0 Å². The van der Waals surface area contributed by atoms with Gasteiger partial charge >= 0.3 is 0 Å². The van der Waals surface area contributed by atoms with Crippen molar-refractivity contribution in [2.45, 2.75) is 13.5 Å². The summed E-state index contributed by atoms with van der Waals surface area (Å²) in [7, 11) is -3.69. The van der Waals surface area contributed by atoms with Crippen LogP contribution in [0.3, 0.4) is 0 Å². The number of carbonyl (C=O) groups excluding carboxylic acids is 2. The molecule has 4 aromatic carbocycles. The van der Waals surface area contributed by atoms with Crippen LogP contribution in [-0.2, 0) is 16.6 Å². The van der Waals surface area contributed by atoms with E-state index >= 15 is 0 Å². The maximum Gasteiger partial charge on any atom is 0.273 e. The summed E-state index contributed by atoms with van der Waals surface area (Å²) in [5.74, 6) is -0.756. The van der Waals surface area contributed by atoms with Crippen LogP contribution in [0.5, 0.6) is 0 Å². The molecule has 4 rings (SSSR count). The second-order valence-electron chi connectivity index (χ2n) is 8.81. The molecule has 0 heterocycles. The molecule has 4 aromatic rings. The van der Waals surface area contributed by atoms with Crippen molar-refractivity contribution in [3.05, 3.63) is 131 Å². The number of hydrogen-bond acceptors (Lipinski definition) is 5. The van der Waals surface area contributed by atoms with E-state index in [4.69, 9.17) is 0 Å². The van der Waals surface area contributed by atoms with Crippen molar-refractivity contribution in [2.24, 2.45) is 5.10 Å². The molecular formula is C30H28N4O4S. The van der Waals surface area contributed by atoms with Crippen LogP contribution in [0.25, 0.3) is 0 Å². The van der Waals surface area contributed by atoms with Crippen molar-refractivity contribution in [3.8, 4) is 0 Å². The molecule has 0 saturated carbocycles. The molecule has 0 aliphatic rings. The number of benzene rings is 4. The van der Waals surface area contributed by atoms with Crippen LogP contribution in [-0.4, -0.2) is 32.2 Å². The third kappa shape index (κ3) is 7.18. The molecule has 198 valence electrons. The first kappa shape index (κ1) is 27.3. The second-order valence-corrected chi connectivity index (χ2v) is 10.7. The molecule has 0 radical (unpaired) electrons. The third-order valence-corrected chi connectivity index (χ3v) is 7.03. The van der Waals surface area contributed by atoms with Crippen LogP contribution >= 0.6 is 0 Å². The summed E-state index contributed by atoms with van der Waals surface area (Å²) >= 11 is 0. The smallest absolute Gasteiger partial charge is 0.273 e. The number of hydrazone groups is 1. The monoisotopic (exact) mass is 540 g/mol. The van der Waals surface area contributed by atoms with Gasteiger partial charge in [-0.1, -0.05) is 72.8 Å². The van der Waals surface area contributed by atoms with E-state index in [0.29, 0.717) is 17.0 Å². The normalized spacial score (nSPS) is 11.5. The summed E-state index contributed by atoms with van der Waals surface area (Å²) in [6, 6.07) is 31.6. The highest BCUT2D eigenvalue weighted by molar-refractivity contribution is 7.92. The van der Waals surface area contributed by atoms with Gasteiger partial charge in [-0.05, 0) is 54.4 Å². The maximum atomic E-state index is 13.1. The highest BCUT2D eigenvalue weighted by Crippen LogP contribution is 2.25. The molecular weight excluding hydrogens is 512 g/mol. The average Bonchev–Trinajstić information content (AvgIpc) is 2.95. The SMILES string of the molecule is C/C(=N\NC(=O)c1ccccc1N(Cc1ccccc1)S(C)(=O)=O)c1ccc(NC(=O)c2ccccc2)cc1. The Labute approximate surface area is 228 Å². The number of amides is 2. The van der Waals surface area contributed by atoms with Crippen molar-refractivity contribution in [1.29, 1.82) is 0 Å². The first-order valence-corrected chi connectivity index (χ1v) is 14.0. The minimum atomic E-state index is -3.69. The fourth-order valence-electron chi connectivity index (χ4n) is 3.86. The summed E-state index contributed by atoms with van der Waals surface area (Å²) in [6.07, 6.45) is 1.11. The Hall–Kier alpha value is -4.76. The fraction of sp³-hybridized carbons (Fsp3) is 0.100. The Morgan fingerprint density at radius 1 is 0.744 bits per heavy atom. The first-order valence-electron chi connectivity index (χ1n) is 12.1. The summed E-state index contributed by atoms with van der Waals surface area (Å²) in [5, 5.41) is 7.06. The van der Waals surface area contributed by atoms with Crippen molar-refractivity contribution >= 4 is 38.9 Å². The first-order chi connectivity index (χ1) is 18.7. The Balaban J connectivity index is 1.48. The van der Waals surface area contributed by atoms with Crippen LogP contribution in [0.1, 0.15) is 38.8 Å². The molecule has 0 aliphatic heterocycles. The van der Waals surface area contributed by atoms with Gasteiger partial charge in [-0.15, -0.1) is 0 Å². The van der Waals surface area contributed by atoms with E-state index in [0.717, 1.165) is 17.4 Å². The highest BCUT2D eigenvalue weighted by Gasteiger charge is 2.23. The summed E-state index contributed by atoms with van der Waals surface area (Å²) < 4.78 is 26.6. The van der Waals surface area contributed by atoms with Gasteiger partial charge in [0, 0.05) is 11.3 Å². The van der Waals surface area contributed by atoms with E-state index in [1.807, 2.05) is 36.4 Å². The Kier molecular flexibility index (Phi) is 8.53. The molecule has 0 atom stereocenters. The molecule has 0 bridgehead atoms. The predicted octanol–water partition coefficient (Wildman–Crippen LogP) is 5.06. The lowest BCUT2D eigenvalue weighted by Gasteiger charge is -2.24. The van der Waals surface area contributed by atoms with Gasteiger partial charge < -0.3 is 5.32 Å². The number of carbonyl (C=O) groups is 2. The molecule has 39 heavy (non-hydrogen) atoms. The second kappa shape index (κ2) is 12.2. The van der Waals surface area contributed by atoms with Gasteiger partial charge in [-0.3, -0.25) is 13.9 Å². The number of nitrogens with zero attached hydrogens (tertiary/aromatic N) is 2. The molecule has 9 heteroatoms. The van der Waals surface area contributed by atoms with E-state index in [1.165, 1.54) is 4.31 Å². The number of rotatable bonds is 9. The van der Waals surface area contributed by atoms with Crippen molar-refractivity contribution < 1.29 is 18.0 Å². The zero-order valence-electron chi connectivity index (χ0n) is 21.5. The van der Waals surface area contributed by atoms with Gasteiger partial charge in [0.05, 0.1) is 29.8 Å². The quantitative estimate of drug-likeness (QED) is 0.229. The van der Waals surface area contributed by atoms with Crippen LogP contribution < -0.4 is 15.0 Å². The van der Waals surface area contributed by atoms with Gasteiger partial charge in [-0.2, -0.15) is 5.10 Å². The van der Waals surface area contributed by atoms with E-state index in [1.54, 1.807) is 79.7 Å². The molecule has 0 aromatic heterocycles. The molecule has 8 nitrogen and oxygen atoms in total. The molecule has 0 fully saturated rings. The predicted molar refractivity (Wildman–Crippen MR) is 154 cm³/mol. The molecule has 0 spiro atoms. The van der Waals surface area contributed by atoms with Crippen molar-refractivity contribution in [1.82, 2.24) is 5.43 Å². The van der Waals surface area contributed by atoms with E-state index in [2.05, 4.69) is 15.8 Å². The Bertz CT molecular complexity index is 1590. The van der Waals surface area contributed by atoms with Crippen molar-refractivity contribution in [2.75, 3.05) is 15.9 Å². The van der Waals surface area contributed by atoms with Gasteiger partial charge in [0.2, 0.25) is 10.0 Å². The number of hydrogen-bond donors (Lipinski definition) is 2. The summed E-state index contributed by atoms with van der Waals surface area (Å²) in [4.78, 5) is 25.5. The van der Waals surface area contributed by atoms with Crippen LogP contribution in [0.15, 0.2) is 114 Å². The largest absolute Gasteiger partial charge is 0.322 e. The van der Waals surface area contributed by atoms with E-state index < -0.39 is 15.9 Å². The van der Waals surface area contributed by atoms with E-state index in [-0.39, 0.29) is 23.7 Å². The highest BCUT2D eigenvalue weighted by atomic mass is 32.2. The lowest BCUT2D eigenvalue weighted by Crippen LogP contribution is -2.32. The number of nitrogens with one attached hydrogen (secondary N) is 2. The minimum absolute atomic E-state index is 0.0828. The van der Waals surface area contributed by atoms with Crippen LogP contribution in [0.4, 0.5) is 11.4 Å². The van der Waals surface area contributed by atoms with Gasteiger partial charge in [0.1, 0.15) is 0 Å². The van der Waals surface area contributed by atoms with Crippen LogP contribution in [0.2, 0.25) is 0 Å². The van der Waals surface area contributed by atoms with Gasteiger partial charge in [0.15, 0.2) is 0 Å². The van der Waals surface area contributed by atoms with Gasteiger partial charge in [-0.25, -0.2) is 13.8 Å². The lowest BCUT2D eigenvalue weighted by molar-refractivity contribution is 0.0954. The zero-order chi connectivity index (χ0) is 27.8. The molecule has 0 saturated heterocycles. The van der Waals surface area contributed by atoms with Crippen molar-refractivity contribution in [3.63, 3.8) is 0 Å². The molecule has 0 unspecified atom stereocenters. The average molecular weight is 541 g/mol. The number of sulfonamides is 1. The third-order valence-electron chi connectivity index (χ3n) is 5.91. The zero-order valence-corrected chi connectivity index (χ0v) is 22.4. The van der Waals surface area contributed by atoms with Gasteiger partial charge in [0.25, 0.3) is 11.8 Å². The molecule has 2 amide bonds. The van der Waals surface area contributed by atoms with E-state index in [9.17, 15) is 18.0 Å².